The number of rotatable bonds is 9. The minimum Gasteiger partial charge on any atom is -0.493 e. The van der Waals surface area contributed by atoms with Crippen molar-refractivity contribution in [3.8, 4) is 11.5 Å². The third kappa shape index (κ3) is 6.33. The van der Waals surface area contributed by atoms with Crippen LogP contribution in [-0.2, 0) is 9.53 Å². The van der Waals surface area contributed by atoms with E-state index in [0.29, 0.717) is 23.0 Å². The molecule has 0 fully saturated rings. The van der Waals surface area contributed by atoms with Gasteiger partial charge in [-0.1, -0.05) is 38.1 Å². The van der Waals surface area contributed by atoms with Crippen molar-refractivity contribution in [2.45, 2.75) is 19.8 Å². The van der Waals surface area contributed by atoms with E-state index in [1.54, 1.807) is 31.4 Å². The van der Waals surface area contributed by atoms with Crippen molar-refractivity contribution in [2.24, 2.45) is 0 Å². The second-order valence-corrected chi connectivity index (χ2v) is 6.20. The summed E-state index contributed by atoms with van der Waals surface area (Å²) < 4.78 is 15.8. The Labute approximate surface area is 159 Å². The molecule has 2 rings (SSSR count). The SMILES string of the molecule is COc1ccccc1OCCNC(=O)COC(=O)c1ccc(C(C)C)cc1. The zero-order chi connectivity index (χ0) is 19.6. The molecule has 0 saturated carbocycles. The average molecular weight is 371 g/mol. The van der Waals surface area contributed by atoms with Crippen LogP contribution >= 0.6 is 0 Å². The van der Waals surface area contributed by atoms with Crippen LogP contribution in [0.15, 0.2) is 48.5 Å². The van der Waals surface area contributed by atoms with Gasteiger partial charge in [0, 0.05) is 0 Å². The van der Waals surface area contributed by atoms with Crippen molar-refractivity contribution < 1.29 is 23.8 Å². The van der Waals surface area contributed by atoms with Crippen molar-refractivity contribution in [1.82, 2.24) is 5.32 Å². The Bertz CT molecular complexity index is 755. The Morgan fingerprint density at radius 1 is 1.00 bits per heavy atom. The largest absolute Gasteiger partial charge is 0.493 e. The van der Waals surface area contributed by atoms with Gasteiger partial charge in [-0.3, -0.25) is 4.79 Å². The third-order valence-electron chi connectivity index (χ3n) is 3.90. The maximum Gasteiger partial charge on any atom is 0.338 e. The van der Waals surface area contributed by atoms with Crippen LogP contribution in [0.2, 0.25) is 0 Å². The first-order chi connectivity index (χ1) is 13.0. The molecule has 0 spiro atoms. The molecule has 1 N–H and O–H groups in total. The summed E-state index contributed by atoms with van der Waals surface area (Å²) in [7, 11) is 1.56. The predicted octanol–water partition coefficient (Wildman–Crippen LogP) is 3.17. The summed E-state index contributed by atoms with van der Waals surface area (Å²) in [5.41, 5.74) is 1.56. The van der Waals surface area contributed by atoms with E-state index in [1.165, 1.54) is 0 Å². The van der Waals surface area contributed by atoms with Crippen molar-refractivity contribution in [3.05, 3.63) is 59.7 Å². The lowest BCUT2D eigenvalue weighted by Crippen LogP contribution is -2.32. The molecule has 27 heavy (non-hydrogen) atoms. The zero-order valence-electron chi connectivity index (χ0n) is 15.9. The second-order valence-electron chi connectivity index (χ2n) is 6.20. The molecule has 0 saturated heterocycles. The normalized spacial score (nSPS) is 10.4. The second kappa shape index (κ2) is 10.2. The van der Waals surface area contributed by atoms with Crippen molar-refractivity contribution in [1.29, 1.82) is 0 Å². The molecule has 0 bridgehead atoms. The van der Waals surface area contributed by atoms with Crippen LogP contribution in [0.4, 0.5) is 0 Å². The smallest absolute Gasteiger partial charge is 0.338 e. The molecule has 6 nitrogen and oxygen atoms in total. The van der Waals surface area contributed by atoms with Gasteiger partial charge < -0.3 is 19.5 Å². The molecule has 0 radical (unpaired) electrons. The third-order valence-corrected chi connectivity index (χ3v) is 3.90. The lowest BCUT2D eigenvalue weighted by Gasteiger charge is -2.11. The molecular weight excluding hydrogens is 346 g/mol. The lowest BCUT2D eigenvalue weighted by molar-refractivity contribution is -0.124. The monoisotopic (exact) mass is 371 g/mol. The van der Waals surface area contributed by atoms with Gasteiger partial charge in [0.25, 0.3) is 5.91 Å². The highest BCUT2D eigenvalue weighted by atomic mass is 16.5. The number of ether oxygens (including phenoxy) is 3. The summed E-state index contributed by atoms with van der Waals surface area (Å²) in [5.74, 6) is 0.710. The van der Waals surface area contributed by atoms with Gasteiger partial charge in [0.1, 0.15) is 6.61 Å². The topological polar surface area (TPSA) is 73.9 Å². The van der Waals surface area contributed by atoms with Crippen LogP contribution in [-0.4, -0.2) is 38.7 Å². The summed E-state index contributed by atoms with van der Waals surface area (Å²) in [6.45, 7) is 4.39. The van der Waals surface area contributed by atoms with Crippen LogP contribution < -0.4 is 14.8 Å². The highest BCUT2D eigenvalue weighted by molar-refractivity contribution is 5.91. The van der Waals surface area contributed by atoms with E-state index in [9.17, 15) is 9.59 Å². The van der Waals surface area contributed by atoms with Gasteiger partial charge in [-0.05, 0) is 35.7 Å². The summed E-state index contributed by atoms with van der Waals surface area (Å²) >= 11 is 0. The zero-order valence-corrected chi connectivity index (χ0v) is 15.9. The van der Waals surface area contributed by atoms with Crippen LogP contribution in [0.1, 0.15) is 35.7 Å². The maximum absolute atomic E-state index is 12.0. The van der Waals surface area contributed by atoms with Crippen molar-refractivity contribution in [2.75, 3.05) is 26.9 Å². The Morgan fingerprint density at radius 2 is 1.67 bits per heavy atom. The molecule has 6 heteroatoms. The van der Waals surface area contributed by atoms with E-state index in [4.69, 9.17) is 14.2 Å². The van der Waals surface area contributed by atoms with E-state index < -0.39 is 5.97 Å². The molecule has 0 atom stereocenters. The van der Waals surface area contributed by atoms with E-state index in [1.807, 2.05) is 24.3 Å². The summed E-state index contributed by atoms with van der Waals surface area (Å²) in [6, 6.07) is 14.4. The molecule has 0 unspecified atom stereocenters. The molecule has 0 aliphatic carbocycles. The molecule has 2 aromatic carbocycles. The van der Waals surface area contributed by atoms with E-state index >= 15 is 0 Å². The number of hydrogen-bond donors (Lipinski definition) is 1. The van der Waals surface area contributed by atoms with Gasteiger partial charge in [-0.2, -0.15) is 0 Å². The molecule has 2 aromatic rings. The van der Waals surface area contributed by atoms with Crippen molar-refractivity contribution in [3.63, 3.8) is 0 Å². The fraction of sp³-hybridized carbons (Fsp3) is 0.333. The fourth-order valence-corrected chi connectivity index (χ4v) is 2.36. The standard InChI is InChI=1S/C21H25NO5/c1-15(2)16-8-10-17(11-9-16)21(24)27-14-20(23)22-12-13-26-19-7-5-4-6-18(19)25-3/h4-11,15H,12-14H2,1-3H3,(H,22,23). The molecule has 0 aromatic heterocycles. The van der Waals surface area contributed by atoms with Gasteiger partial charge in [-0.25, -0.2) is 4.79 Å². The number of amides is 1. The number of methoxy groups -OCH3 is 1. The van der Waals surface area contributed by atoms with E-state index in [-0.39, 0.29) is 25.7 Å². The van der Waals surface area contributed by atoms with Gasteiger partial charge in [0.15, 0.2) is 18.1 Å². The van der Waals surface area contributed by atoms with Crippen LogP contribution in [0, 0.1) is 0 Å². The number of para-hydroxylation sites is 2. The molecule has 0 heterocycles. The van der Waals surface area contributed by atoms with Crippen LogP contribution in [0.5, 0.6) is 11.5 Å². The average Bonchev–Trinajstić information content (AvgIpc) is 2.69. The highest BCUT2D eigenvalue weighted by Crippen LogP contribution is 2.25. The van der Waals surface area contributed by atoms with E-state index in [0.717, 1.165) is 5.56 Å². The number of nitrogens with one attached hydrogen (secondary N) is 1. The number of benzene rings is 2. The van der Waals surface area contributed by atoms with E-state index in [2.05, 4.69) is 19.2 Å². The number of esters is 1. The highest BCUT2D eigenvalue weighted by Gasteiger charge is 2.11. The van der Waals surface area contributed by atoms with Crippen LogP contribution in [0.3, 0.4) is 0 Å². The Hall–Kier alpha value is -3.02. The van der Waals surface area contributed by atoms with Gasteiger partial charge >= 0.3 is 5.97 Å². The predicted molar refractivity (Wildman–Crippen MR) is 102 cm³/mol. The summed E-state index contributed by atoms with van der Waals surface area (Å²) in [4.78, 5) is 23.8. The molecule has 0 aliphatic heterocycles. The minimum absolute atomic E-state index is 0.275. The van der Waals surface area contributed by atoms with Crippen LogP contribution in [0.25, 0.3) is 0 Å². The Morgan fingerprint density at radius 3 is 2.30 bits per heavy atom. The van der Waals surface area contributed by atoms with Crippen molar-refractivity contribution >= 4 is 11.9 Å². The summed E-state index contributed by atoms with van der Waals surface area (Å²) in [5, 5.41) is 2.64. The fourth-order valence-electron chi connectivity index (χ4n) is 2.36. The number of carbonyl (C=O) groups excluding carboxylic acids is 2. The lowest BCUT2D eigenvalue weighted by atomic mass is 10.0. The number of hydrogen-bond acceptors (Lipinski definition) is 5. The first-order valence-corrected chi connectivity index (χ1v) is 8.81. The first kappa shape index (κ1) is 20.3. The van der Waals surface area contributed by atoms with Gasteiger partial charge in [0.05, 0.1) is 19.2 Å². The number of carbonyl (C=O) groups is 2. The molecule has 1 amide bonds. The maximum atomic E-state index is 12.0. The molecule has 0 aliphatic rings. The quantitative estimate of drug-likeness (QED) is 0.541. The molecular formula is C21H25NO5. The van der Waals surface area contributed by atoms with Gasteiger partial charge in [-0.15, -0.1) is 0 Å². The molecule has 144 valence electrons. The Kier molecular flexibility index (Phi) is 7.67. The minimum atomic E-state index is -0.522. The Balaban J connectivity index is 1.69. The summed E-state index contributed by atoms with van der Waals surface area (Å²) in [6.07, 6.45) is 0. The van der Waals surface area contributed by atoms with Gasteiger partial charge in [0.2, 0.25) is 0 Å². The first-order valence-electron chi connectivity index (χ1n) is 8.81.